The number of halogens is 6. The van der Waals surface area contributed by atoms with Crippen molar-refractivity contribution < 1.29 is 40.6 Å². The van der Waals surface area contributed by atoms with Crippen molar-refractivity contribution in [2.45, 2.75) is 19.0 Å². The number of alkyl halides is 6. The molecule has 2 rings (SSSR count). The second-order valence-corrected chi connectivity index (χ2v) is 7.90. The molecule has 0 aliphatic carbocycles. The Kier molecular flexibility index (Phi) is 8.65. The zero-order chi connectivity index (χ0) is 25.7. The summed E-state index contributed by atoms with van der Waals surface area (Å²) in [6.07, 6.45) is -8.39. The van der Waals surface area contributed by atoms with Crippen molar-refractivity contribution in [1.82, 2.24) is 4.90 Å². The monoisotopic (exact) mass is 506 g/mol. The zero-order valence-corrected chi connectivity index (χ0v) is 19.0. The predicted octanol–water partition coefficient (Wildman–Crippen LogP) is 6.11. The van der Waals surface area contributed by atoms with Crippen molar-refractivity contribution in [3.63, 3.8) is 0 Å². The Balaban J connectivity index is 2.35. The highest BCUT2D eigenvalue weighted by Crippen LogP contribution is 2.38. The molecule has 0 aliphatic heterocycles. The van der Waals surface area contributed by atoms with Gasteiger partial charge in [-0.25, -0.2) is 0 Å². The lowest BCUT2D eigenvalue weighted by Crippen LogP contribution is -2.21. The fourth-order valence-electron chi connectivity index (χ4n) is 2.77. The van der Waals surface area contributed by atoms with Gasteiger partial charge in [0.05, 0.1) is 23.1 Å². The van der Waals surface area contributed by atoms with Gasteiger partial charge in [-0.2, -0.15) is 26.3 Å². The number of methoxy groups -OCH3 is 1. The molecule has 0 unspecified atom stereocenters. The highest BCUT2D eigenvalue weighted by molar-refractivity contribution is 8.16. The number of rotatable bonds is 8. The number of carbonyl (C=O) groups is 1. The second-order valence-electron chi connectivity index (χ2n) is 7.03. The lowest BCUT2D eigenvalue weighted by molar-refractivity contribution is -0.143. The van der Waals surface area contributed by atoms with Gasteiger partial charge < -0.3 is 14.4 Å². The van der Waals surface area contributed by atoms with Crippen LogP contribution in [0, 0.1) is 5.41 Å². The molecule has 184 valence electrons. The molecule has 2 aromatic carbocycles. The van der Waals surface area contributed by atoms with E-state index in [9.17, 15) is 31.1 Å². The topological polar surface area (TPSA) is 62.6 Å². The van der Waals surface area contributed by atoms with E-state index < -0.39 is 35.6 Å². The zero-order valence-electron chi connectivity index (χ0n) is 18.2. The Morgan fingerprint density at radius 3 is 2.24 bits per heavy atom. The van der Waals surface area contributed by atoms with Crippen LogP contribution in [0.25, 0.3) is 6.08 Å². The molecule has 0 heterocycles. The molecule has 0 atom stereocenters. The number of nitrogens with zero attached hydrogens (tertiary/aromatic N) is 1. The van der Waals surface area contributed by atoms with Crippen LogP contribution in [0.1, 0.15) is 22.3 Å². The Labute approximate surface area is 195 Å². The molecule has 0 saturated heterocycles. The minimum Gasteiger partial charge on any atom is -0.493 e. The van der Waals surface area contributed by atoms with E-state index in [2.05, 4.69) is 0 Å². The quantitative estimate of drug-likeness (QED) is 0.203. The van der Waals surface area contributed by atoms with Gasteiger partial charge in [-0.3, -0.25) is 10.2 Å². The van der Waals surface area contributed by atoms with Crippen molar-refractivity contribution in [2.24, 2.45) is 0 Å². The third kappa shape index (κ3) is 6.92. The number of hydrogen-bond donors (Lipinski definition) is 1. The van der Waals surface area contributed by atoms with E-state index in [1.54, 1.807) is 20.2 Å². The van der Waals surface area contributed by atoms with Crippen LogP contribution in [-0.2, 0) is 23.8 Å². The van der Waals surface area contributed by atoms with E-state index in [-0.39, 0.29) is 23.4 Å². The van der Waals surface area contributed by atoms with Crippen LogP contribution in [0.2, 0.25) is 0 Å². The number of carbonyl (C=O) groups excluding carboxylic acids is 1. The van der Waals surface area contributed by atoms with Gasteiger partial charge in [0.15, 0.2) is 17.1 Å². The Bertz CT molecular complexity index is 1080. The van der Waals surface area contributed by atoms with E-state index in [1.807, 2.05) is 0 Å². The Hall–Kier alpha value is -3.15. The molecule has 0 aliphatic rings. The standard InChI is InChI=1S/C22H20F6N2O3S/c1-30(2)20(29)19(34-12-31)9-13-4-7-17(18(8-13)32-3)33-11-14-5-6-15(21(23,24)25)10-16(14)22(26,27)28/h4-10,12,29H,11H2,1-3H3/b19-9-,29-20?. The number of thioether (sulfide) groups is 1. The molecule has 34 heavy (non-hydrogen) atoms. The van der Waals surface area contributed by atoms with Gasteiger partial charge in [0.2, 0.25) is 0 Å². The maximum absolute atomic E-state index is 13.3. The van der Waals surface area contributed by atoms with Gasteiger partial charge in [0.25, 0.3) is 0 Å². The van der Waals surface area contributed by atoms with Gasteiger partial charge in [-0.1, -0.05) is 23.9 Å². The van der Waals surface area contributed by atoms with Crippen LogP contribution in [0.5, 0.6) is 11.5 Å². The number of likely N-dealkylation sites (N-methyl/N-ethyl adjacent to an activating group) is 1. The van der Waals surface area contributed by atoms with Crippen LogP contribution in [0.4, 0.5) is 26.3 Å². The first kappa shape index (κ1) is 27.1. The van der Waals surface area contributed by atoms with E-state index >= 15 is 0 Å². The maximum Gasteiger partial charge on any atom is 0.416 e. The summed E-state index contributed by atoms with van der Waals surface area (Å²) in [5, 5.41) is 8.04. The normalized spacial score (nSPS) is 12.3. The minimum atomic E-state index is -5.01. The van der Waals surface area contributed by atoms with Crippen molar-refractivity contribution >= 4 is 29.3 Å². The first-order valence-corrected chi connectivity index (χ1v) is 10.3. The van der Waals surface area contributed by atoms with Crippen LogP contribution in [-0.4, -0.2) is 37.6 Å². The van der Waals surface area contributed by atoms with E-state index in [4.69, 9.17) is 14.9 Å². The first-order valence-electron chi connectivity index (χ1n) is 9.44. The smallest absolute Gasteiger partial charge is 0.416 e. The van der Waals surface area contributed by atoms with E-state index in [0.717, 1.165) is 17.8 Å². The Morgan fingerprint density at radius 2 is 1.71 bits per heavy atom. The van der Waals surface area contributed by atoms with Crippen LogP contribution < -0.4 is 9.47 Å². The number of ether oxygens (including phenoxy) is 2. The van der Waals surface area contributed by atoms with Gasteiger partial charge in [0.1, 0.15) is 12.4 Å². The molecule has 5 nitrogen and oxygen atoms in total. The molecule has 12 heteroatoms. The molecule has 0 aromatic heterocycles. The summed E-state index contributed by atoms with van der Waals surface area (Å²) in [6.45, 7) is -0.657. The summed E-state index contributed by atoms with van der Waals surface area (Å²) in [4.78, 5) is 12.8. The number of hydrogen-bond acceptors (Lipinski definition) is 5. The third-order valence-corrected chi connectivity index (χ3v) is 5.13. The van der Waals surface area contributed by atoms with Crippen molar-refractivity contribution in [1.29, 1.82) is 5.41 Å². The molecule has 0 bridgehead atoms. The van der Waals surface area contributed by atoms with Gasteiger partial charge in [-0.05, 0) is 35.9 Å². The lowest BCUT2D eigenvalue weighted by atomic mass is 10.0. The SMILES string of the molecule is COc1cc(/C=C(\SC=O)C(=N)N(C)C)ccc1OCc1ccc(C(F)(F)F)cc1C(F)(F)F. The first-order chi connectivity index (χ1) is 15.8. The molecule has 0 amide bonds. The molecule has 1 N–H and O–H groups in total. The average Bonchev–Trinajstić information content (AvgIpc) is 2.75. The summed E-state index contributed by atoms with van der Waals surface area (Å²) >= 11 is 0.795. The Morgan fingerprint density at radius 1 is 1.03 bits per heavy atom. The maximum atomic E-state index is 13.3. The molecule has 2 aromatic rings. The highest BCUT2D eigenvalue weighted by Gasteiger charge is 2.38. The van der Waals surface area contributed by atoms with Gasteiger partial charge in [-0.15, -0.1) is 0 Å². The molecule has 0 spiro atoms. The van der Waals surface area contributed by atoms with Gasteiger partial charge in [0, 0.05) is 19.7 Å². The largest absolute Gasteiger partial charge is 0.493 e. The van der Waals surface area contributed by atoms with Crippen LogP contribution in [0.3, 0.4) is 0 Å². The summed E-state index contributed by atoms with van der Waals surface area (Å²) in [7, 11) is 4.57. The number of benzene rings is 2. The summed E-state index contributed by atoms with van der Waals surface area (Å²) in [5.41, 5.74) is -2.25. The second kappa shape index (κ2) is 10.9. The lowest BCUT2D eigenvalue weighted by Gasteiger charge is -2.17. The summed E-state index contributed by atoms with van der Waals surface area (Å²) in [5.74, 6) is 0.277. The molecular formula is C22H20F6N2O3S. The number of nitrogens with one attached hydrogen (secondary N) is 1. The van der Waals surface area contributed by atoms with Crippen molar-refractivity contribution in [2.75, 3.05) is 21.2 Å². The van der Waals surface area contributed by atoms with Crippen LogP contribution in [0.15, 0.2) is 41.3 Å². The molecule has 0 saturated carbocycles. The number of amidine groups is 1. The molecular weight excluding hydrogens is 486 g/mol. The van der Waals surface area contributed by atoms with Gasteiger partial charge >= 0.3 is 12.4 Å². The third-order valence-electron chi connectivity index (χ3n) is 4.47. The highest BCUT2D eigenvalue weighted by atomic mass is 32.2. The fourth-order valence-corrected chi connectivity index (χ4v) is 3.38. The summed E-state index contributed by atoms with van der Waals surface area (Å²) in [6, 6.07) is 5.76. The minimum absolute atomic E-state index is 0.0513. The van der Waals surface area contributed by atoms with E-state index in [0.29, 0.717) is 22.2 Å². The summed E-state index contributed by atoms with van der Waals surface area (Å²) < 4.78 is 89.2. The molecule has 0 fully saturated rings. The predicted molar refractivity (Wildman–Crippen MR) is 118 cm³/mol. The van der Waals surface area contributed by atoms with Crippen molar-refractivity contribution in [3.8, 4) is 11.5 Å². The van der Waals surface area contributed by atoms with Crippen molar-refractivity contribution in [3.05, 3.63) is 63.6 Å². The van der Waals surface area contributed by atoms with Crippen LogP contribution >= 0.6 is 11.8 Å². The van der Waals surface area contributed by atoms with E-state index in [1.165, 1.54) is 30.2 Å². The molecule has 0 radical (unpaired) electrons. The average molecular weight is 506 g/mol. The fraction of sp³-hybridized carbons (Fsp3) is 0.273.